The van der Waals surface area contributed by atoms with E-state index in [1.807, 2.05) is 31.2 Å². The third-order valence-electron chi connectivity index (χ3n) is 8.42. The number of thiol groups is 1. The van der Waals surface area contributed by atoms with Gasteiger partial charge in [0.05, 0.1) is 24.2 Å². The van der Waals surface area contributed by atoms with E-state index in [9.17, 15) is 19.2 Å². The molecule has 1 aromatic carbocycles. The first-order valence-corrected chi connectivity index (χ1v) is 14.8. The Labute approximate surface area is 242 Å². The van der Waals surface area contributed by atoms with Gasteiger partial charge in [-0.05, 0) is 55.2 Å². The summed E-state index contributed by atoms with van der Waals surface area (Å²) in [7, 11) is 0. The van der Waals surface area contributed by atoms with Crippen molar-refractivity contribution < 1.29 is 19.2 Å². The van der Waals surface area contributed by atoms with E-state index in [-0.39, 0.29) is 65.0 Å². The van der Waals surface area contributed by atoms with E-state index in [0.29, 0.717) is 18.5 Å². The summed E-state index contributed by atoms with van der Waals surface area (Å²) in [5.74, 6) is 2.43. The molecule has 5 amide bonds. The van der Waals surface area contributed by atoms with Crippen molar-refractivity contribution >= 4 is 42.1 Å². The van der Waals surface area contributed by atoms with E-state index in [4.69, 9.17) is 6.42 Å². The van der Waals surface area contributed by atoms with Gasteiger partial charge in [-0.2, -0.15) is 12.6 Å². The molecule has 1 aromatic rings. The van der Waals surface area contributed by atoms with E-state index >= 15 is 0 Å². The number of nitrogens with zero attached hydrogens (tertiary/aromatic N) is 1. The van der Waals surface area contributed by atoms with Crippen LogP contribution in [0.5, 0.6) is 0 Å². The Hall–Kier alpha value is -3.19. The number of rotatable bonds is 12. The quantitative estimate of drug-likeness (QED) is 0.115. The minimum Gasteiger partial charge on any atom is -0.342 e. The predicted octanol–water partition coefficient (Wildman–Crippen LogP) is 3.00. The number of benzene rings is 1. The van der Waals surface area contributed by atoms with Crippen LogP contribution in [0.2, 0.25) is 0 Å². The lowest BCUT2D eigenvalue weighted by Gasteiger charge is -2.44. The van der Waals surface area contributed by atoms with Crippen molar-refractivity contribution in [3.05, 3.63) is 29.8 Å². The third-order valence-corrected chi connectivity index (χ3v) is 9.00. The summed E-state index contributed by atoms with van der Waals surface area (Å²) in [6.45, 7) is 6.16. The fourth-order valence-corrected chi connectivity index (χ4v) is 6.63. The molecule has 3 aliphatic heterocycles. The van der Waals surface area contributed by atoms with Crippen LogP contribution >= 0.6 is 12.6 Å². The number of β-lactam (4-membered cyclic amide) rings is 1. The molecular formula is C30H41N5O4S. The minimum atomic E-state index is -0.491. The maximum atomic E-state index is 12.6. The number of terminal acetylenes is 1. The van der Waals surface area contributed by atoms with Crippen molar-refractivity contribution in [3.63, 3.8) is 0 Å². The highest BCUT2D eigenvalue weighted by Crippen LogP contribution is 2.46. The Bertz CT molecular complexity index is 1160. The van der Waals surface area contributed by atoms with Gasteiger partial charge in [0.15, 0.2) is 0 Å². The number of amides is 5. The van der Waals surface area contributed by atoms with E-state index in [2.05, 4.69) is 53.7 Å². The van der Waals surface area contributed by atoms with E-state index in [0.717, 1.165) is 37.7 Å². The number of hydrogen-bond acceptors (Lipinski definition) is 5. The van der Waals surface area contributed by atoms with E-state index < -0.39 is 6.04 Å². The summed E-state index contributed by atoms with van der Waals surface area (Å²) in [6.07, 6.45) is 10.9. The number of unbranched alkanes of at least 4 members (excludes halogenated alkanes) is 1. The normalized spacial score (nSPS) is 27.1. The van der Waals surface area contributed by atoms with Crippen LogP contribution < -0.4 is 21.3 Å². The molecule has 216 valence electrons. The number of hydrogen-bond donors (Lipinski definition) is 5. The molecule has 3 heterocycles. The molecule has 0 radical (unpaired) electrons. The van der Waals surface area contributed by atoms with Crippen LogP contribution in [-0.2, 0) is 20.8 Å². The van der Waals surface area contributed by atoms with Crippen LogP contribution in [0, 0.1) is 17.8 Å². The SMILES string of the molecule is C#C[C@@H]1N2C(=O)[C@@H](NC(=O)CCc3ccc(NC(=O)CCCCC(S)C4NC(=O)NC4CC)cc3)[C@H]2CC1(C)C. The molecule has 0 aromatic heterocycles. The van der Waals surface area contributed by atoms with Gasteiger partial charge in [-0.1, -0.05) is 45.2 Å². The van der Waals surface area contributed by atoms with Crippen LogP contribution in [0.15, 0.2) is 24.3 Å². The second-order valence-corrected chi connectivity index (χ2v) is 12.5. The van der Waals surface area contributed by atoms with Crippen molar-refractivity contribution in [2.45, 2.75) is 108 Å². The molecule has 10 heteroatoms. The van der Waals surface area contributed by atoms with Gasteiger partial charge in [-0.3, -0.25) is 14.4 Å². The number of fused-ring (bicyclic) bond motifs is 1. The van der Waals surface area contributed by atoms with Crippen molar-refractivity contribution in [1.82, 2.24) is 20.9 Å². The average Bonchev–Trinajstić information content (AvgIpc) is 3.43. The zero-order valence-corrected chi connectivity index (χ0v) is 24.4. The molecular weight excluding hydrogens is 526 g/mol. The zero-order chi connectivity index (χ0) is 29.0. The van der Waals surface area contributed by atoms with Gasteiger partial charge in [0.1, 0.15) is 6.04 Å². The van der Waals surface area contributed by atoms with Crippen LogP contribution in [0.1, 0.15) is 71.3 Å². The van der Waals surface area contributed by atoms with Crippen molar-refractivity contribution in [2.75, 3.05) is 5.32 Å². The lowest BCUT2D eigenvalue weighted by atomic mass is 9.83. The number of carbonyl (C=O) groups is 4. The monoisotopic (exact) mass is 567 g/mol. The molecule has 3 saturated heterocycles. The molecule has 0 saturated carbocycles. The molecule has 4 rings (SSSR count). The highest BCUT2D eigenvalue weighted by atomic mass is 32.1. The molecule has 0 spiro atoms. The minimum absolute atomic E-state index is 0.00617. The topological polar surface area (TPSA) is 120 Å². The lowest BCUT2D eigenvalue weighted by Crippen LogP contribution is -2.69. The summed E-state index contributed by atoms with van der Waals surface area (Å²) in [5, 5.41) is 11.7. The first kappa shape index (κ1) is 29.8. The Balaban J connectivity index is 1.13. The number of anilines is 1. The molecule has 3 fully saturated rings. The van der Waals surface area contributed by atoms with Crippen LogP contribution in [0.3, 0.4) is 0 Å². The molecule has 4 N–H and O–H groups in total. The van der Waals surface area contributed by atoms with Gasteiger partial charge in [-0.25, -0.2) is 4.79 Å². The fraction of sp³-hybridized carbons (Fsp3) is 0.600. The Morgan fingerprint density at radius 2 is 1.88 bits per heavy atom. The highest BCUT2D eigenvalue weighted by Gasteiger charge is 2.60. The lowest BCUT2D eigenvalue weighted by molar-refractivity contribution is -0.152. The first-order chi connectivity index (χ1) is 19.0. The second-order valence-electron chi connectivity index (χ2n) is 11.8. The molecule has 6 atom stereocenters. The van der Waals surface area contributed by atoms with Gasteiger partial charge in [0.2, 0.25) is 17.7 Å². The summed E-state index contributed by atoms with van der Waals surface area (Å²) < 4.78 is 0. The molecule has 9 nitrogen and oxygen atoms in total. The van der Waals surface area contributed by atoms with E-state index in [1.165, 1.54) is 0 Å². The van der Waals surface area contributed by atoms with Gasteiger partial charge < -0.3 is 26.2 Å². The number of urea groups is 1. The molecule has 3 unspecified atom stereocenters. The van der Waals surface area contributed by atoms with Crippen molar-refractivity contribution in [3.8, 4) is 12.3 Å². The number of nitrogens with one attached hydrogen (secondary N) is 4. The van der Waals surface area contributed by atoms with Gasteiger partial charge in [0.25, 0.3) is 0 Å². The standard InChI is InChI=1S/C30H41N5O4S/c1-5-20-26(34-29(39)32-20)22(40)9-7-8-10-24(36)31-19-14-11-18(12-15-19)13-16-25(37)33-27-21-17-30(3,4)23(6-2)35(21)28(27)38/h2,11-12,14-15,20-23,26-27,40H,5,7-10,13,16-17H2,1,3-4H3,(H,31,36)(H,33,37)(H2,32,34,39)/t20?,21-,22?,23+,26?,27+/m1/s1. The zero-order valence-electron chi connectivity index (χ0n) is 23.5. The number of carbonyl (C=O) groups excluding carboxylic acids is 4. The molecule has 0 aliphatic carbocycles. The van der Waals surface area contributed by atoms with Crippen molar-refractivity contribution in [1.29, 1.82) is 0 Å². The summed E-state index contributed by atoms with van der Waals surface area (Å²) in [4.78, 5) is 50.9. The van der Waals surface area contributed by atoms with Gasteiger partial charge in [-0.15, -0.1) is 6.42 Å². The maximum Gasteiger partial charge on any atom is 0.315 e. The van der Waals surface area contributed by atoms with Crippen molar-refractivity contribution in [2.24, 2.45) is 5.41 Å². The first-order valence-electron chi connectivity index (χ1n) is 14.3. The Morgan fingerprint density at radius 3 is 2.55 bits per heavy atom. The largest absolute Gasteiger partial charge is 0.342 e. The second kappa shape index (κ2) is 12.5. The van der Waals surface area contributed by atoms with Crippen LogP contribution in [0.25, 0.3) is 0 Å². The van der Waals surface area contributed by atoms with E-state index in [1.54, 1.807) is 4.90 Å². The Morgan fingerprint density at radius 1 is 1.15 bits per heavy atom. The maximum absolute atomic E-state index is 12.6. The predicted molar refractivity (Wildman–Crippen MR) is 158 cm³/mol. The van der Waals surface area contributed by atoms with Crippen LogP contribution in [0.4, 0.5) is 10.5 Å². The number of aryl methyl sites for hydroxylation is 1. The summed E-state index contributed by atoms with van der Waals surface area (Å²) in [5.41, 5.74) is 1.53. The van der Waals surface area contributed by atoms with Gasteiger partial charge >= 0.3 is 6.03 Å². The summed E-state index contributed by atoms with van der Waals surface area (Å²) in [6, 6.07) is 6.68. The molecule has 40 heavy (non-hydrogen) atoms. The summed E-state index contributed by atoms with van der Waals surface area (Å²) >= 11 is 4.67. The average molecular weight is 568 g/mol. The Kier molecular flexibility index (Phi) is 9.34. The van der Waals surface area contributed by atoms with Gasteiger partial charge in [0, 0.05) is 23.8 Å². The fourth-order valence-electron chi connectivity index (χ4n) is 6.17. The smallest absolute Gasteiger partial charge is 0.315 e. The third kappa shape index (κ3) is 6.57. The highest BCUT2D eigenvalue weighted by molar-refractivity contribution is 7.81. The van der Waals surface area contributed by atoms with Crippen LogP contribution in [-0.4, -0.2) is 64.1 Å². The molecule has 0 bridgehead atoms. The molecule has 3 aliphatic rings.